The number of hydrogen-bond donors (Lipinski definition) is 11. The molecule has 0 aromatic carbocycles. The van der Waals surface area contributed by atoms with Crippen LogP contribution in [0.25, 0.3) is 0 Å². The average Bonchev–Trinajstić information content (AvgIpc) is 0.763. The van der Waals surface area contributed by atoms with Crippen LogP contribution >= 0.6 is 7.82 Å². The molecule has 24 nitrogen and oxygen atoms in total. The Bertz CT molecular complexity index is 2050. The maximum Gasteiger partial charge on any atom is 0.472 e. The molecule has 19 unspecified atom stereocenters. The van der Waals surface area contributed by atoms with Crippen LogP contribution in [0.15, 0.2) is 0 Å². The van der Waals surface area contributed by atoms with Crippen LogP contribution in [0.3, 0.4) is 0 Å². The minimum Gasteiger partial charge on any atom is -0.463 e. The summed E-state index contributed by atoms with van der Waals surface area (Å²) in [6, 6.07) is 0. The third-order valence-corrected chi connectivity index (χ3v) is 20.5. The van der Waals surface area contributed by atoms with Gasteiger partial charge in [-0.25, -0.2) is 4.57 Å². The molecule has 25 heteroatoms. The molecular weight excluding hydrogens is 1290 g/mol. The van der Waals surface area contributed by atoms with Gasteiger partial charge < -0.3 is 89.1 Å². The third-order valence-electron chi connectivity index (χ3n) is 19.5. The molecule has 0 spiro atoms. The first-order valence-corrected chi connectivity index (χ1v) is 40.2. The van der Waals surface area contributed by atoms with E-state index in [1.807, 2.05) is 0 Å². The molecule has 578 valence electrons. The summed E-state index contributed by atoms with van der Waals surface area (Å²) in [7, 11) is -5.69. The van der Waals surface area contributed by atoms with Crippen molar-refractivity contribution in [2.45, 2.75) is 414 Å². The first kappa shape index (κ1) is 90.2. The number of rotatable bonds is 60. The lowest BCUT2D eigenvalue weighted by Gasteiger charge is -2.49. The van der Waals surface area contributed by atoms with Crippen molar-refractivity contribution in [3.05, 3.63) is 0 Å². The van der Waals surface area contributed by atoms with Crippen molar-refractivity contribution in [2.24, 2.45) is 5.92 Å². The molecule has 0 aromatic rings. The molecule has 98 heavy (non-hydrogen) atoms. The fourth-order valence-electron chi connectivity index (χ4n) is 13.1. The predicted molar refractivity (Wildman–Crippen MR) is 370 cm³/mol. The molecule has 3 rings (SSSR count). The number of phosphoric ester groups is 1. The molecule has 19 atom stereocenters. The smallest absolute Gasteiger partial charge is 0.463 e. The largest absolute Gasteiger partial charge is 0.472 e. The summed E-state index contributed by atoms with van der Waals surface area (Å²) in [5.41, 5.74) is 0. The number of aliphatic hydroxyl groups excluding tert-OH is 10. The molecule has 0 amide bonds. The lowest BCUT2D eigenvalue weighted by molar-refractivity contribution is -0.360. The Morgan fingerprint density at radius 3 is 1.10 bits per heavy atom. The molecule has 0 radical (unpaired) electrons. The van der Waals surface area contributed by atoms with Crippen molar-refractivity contribution in [1.82, 2.24) is 0 Å². The molecule has 0 bridgehead atoms. The Labute approximate surface area is 587 Å². The van der Waals surface area contributed by atoms with E-state index in [1.165, 1.54) is 154 Å². The summed E-state index contributed by atoms with van der Waals surface area (Å²) in [5, 5.41) is 110. The fraction of sp³-hybridized carbons (Fsp3) is 0.959. The molecule has 2 heterocycles. The number of hydrogen-bond acceptors (Lipinski definition) is 23. The summed E-state index contributed by atoms with van der Waals surface area (Å²) in [6.45, 7) is 5.79. The van der Waals surface area contributed by atoms with Crippen LogP contribution in [-0.2, 0) is 61.2 Å². The highest BCUT2D eigenvalue weighted by Crippen LogP contribution is 2.49. The normalized spacial score (nSPS) is 27.9. The van der Waals surface area contributed by atoms with Gasteiger partial charge in [0, 0.05) is 19.3 Å². The number of carbonyl (C=O) groups is 3. The summed E-state index contributed by atoms with van der Waals surface area (Å²) >= 11 is 0. The van der Waals surface area contributed by atoms with Crippen LogP contribution in [0.4, 0.5) is 0 Å². The maximum atomic E-state index is 14.3. The number of ether oxygens (including phenoxy) is 7. The van der Waals surface area contributed by atoms with Crippen molar-refractivity contribution in [2.75, 3.05) is 26.4 Å². The second-order valence-electron chi connectivity index (χ2n) is 28.4. The first-order chi connectivity index (χ1) is 47.2. The fourth-order valence-corrected chi connectivity index (χ4v) is 14.1. The minimum absolute atomic E-state index is 0.0310. The van der Waals surface area contributed by atoms with Crippen LogP contribution in [0.2, 0.25) is 0 Å². The Kier molecular flexibility index (Phi) is 50.2. The highest BCUT2D eigenvalue weighted by molar-refractivity contribution is 7.47. The third kappa shape index (κ3) is 37.6. The molecule has 3 aliphatic rings. The molecule has 1 aliphatic carbocycles. The second kappa shape index (κ2) is 54.6. The Balaban J connectivity index is 1.73. The molecular formula is C73H137O24P. The van der Waals surface area contributed by atoms with Crippen molar-refractivity contribution < 1.29 is 117 Å². The lowest BCUT2D eigenvalue weighted by atomic mass is 9.84. The predicted octanol–water partition coefficient (Wildman–Crippen LogP) is 10.8. The molecule has 2 saturated heterocycles. The quantitative estimate of drug-likeness (QED) is 0.0117. The second-order valence-corrected chi connectivity index (χ2v) is 29.8. The van der Waals surface area contributed by atoms with Crippen molar-refractivity contribution in [3.63, 3.8) is 0 Å². The SMILES string of the molecule is CCCCCCCCCCCCCCCCC(=O)OC(COC(=O)CCCCCCCCCCCCCCC)COP(=O)(O)OC1C(OC2OC(CO)C(O)C(O)C2O)C(O)C(O)C(O)C1OC1OC(COC(=O)CCCCCCCCC(C)CCCCCCCC)C(O)C(O)C1O. The number of esters is 3. The van der Waals surface area contributed by atoms with Gasteiger partial charge in [0.05, 0.1) is 13.2 Å². The number of phosphoric acid groups is 1. The van der Waals surface area contributed by atoms with E-state index in [2.05, 4.69) is 27.7 Å². The Morgan fingerprint density at radius 2 is 0.714 bits per heavy atom. The van der Waals surface area contributed by atoms with Gasteiger partial charge in [0.25, 0.3) is 0 Å². The average molecular weight is 1430 g/mol. The highest BCUT2D eigenvalue weighted by atomic mass is 31.2. The zero-order valence-corrected chi connectivity index (χ0v) is 61.4. The molecule has 2 aliphatic heterocycles. The van der Waals surface area contributed by atoms with Gasteiger partial charge in [-0.3, -0.25) is 23.4 Å². The van der Waals surface area contributed by atoms with Crippen LogP contribution < -0.4 is 0 Å². The van der Waals surface area contributed by atoms with E-state index in [0.717, 1.165) is 89.9 Å². The van der Waals surface area contributed by atoms with Gasteiger partial charge in [-0.05, 0) is 25.2 Å². The summed E-state index contributed by atoms with van der Waals surface area (Å²) in [4.78, 5) is 51.0. The Hall–Kier alpha value is -2.04. The maximum absolute atomic E-state index is 14.3. The van der Waals surface area contributed by atoms with Crippen LogP contribution in [0.1, 0.15) is 310 Å². The van der Waals surface area contributed by atoms with Gasteiger partial charge in [0.2, 0.25) is 0 Å². The van der Waals surface area contributed by atoms with E-state index in [4.69, 9.17) is 42.2 Å². The topological polar surface area (TPSA) is 374 Å². The minimum atomic E-state index is -5.69. The summed E-state index contributed by atoms with van der Waals surface area (Å²) < 4.78 is 65.1. The van der Waals surface area contributed by atoms with Gasteiger partial charge in [0.1, 0.15) is 98.7 Å². The molecule has 11 N–H and O–H groups in total. The van der Waals surface area contributed by atoms with E-state index in [-0.39, 0.29) is 19.3 Å². The molecule has 1 saturated carbocycles. The number of unbranched alkanes of at least 4 members (excludes halogenated alkanes) is 35. The van der Waals surface area contributed by atoms with Crippen molar-refractivity contribution >= 4 is 25.7 Å². The molecule has 3 fully saturated rings. The van der Waals surface area contributed by atoms with Gasteiger partial charge in [-0.15, -0.1) is 0 Å². The zero-order valence-electron chi connectivity index (χ0n) is 60.5. The monoisotopic (exact) mass is 1430 g/mol. The standard InChI is InChI=1S/C73H137O24P/c1-5-8-11-14-17-19-21-23-25-27-29-31-38-43-48-59(77)92-54(50-89-57(75)46-41-36-30-28-26-24-22-20-18-15-12-9-6-2)51-91-98(87,88)97-71-69(95-72-67(85)62(80)60(78)55(49-74)93-72)65(83)64(82)66(84)70(71)96-73-68(86)63(81)61(79)56(94-73)52-90-58(76)47-42-37-33-32-35-40-45-53(4)44-39-34-16-13-10-7-3/h53-56,60-74,78-86H,5-52H2,1-4H3,(H,87,88). The van der Waals surface area contributed by atoms with Crippen molar-refractivity contribution in [3.8, 4) is 0 Å². The lowest BCUT2D eigenvalue weighted by Crippen LogP contribution is -2.69. The van der Waals surface area contributed by atoms with E-state index in [1.54, 1.807) is 0 Å². The van der Waals surface area contributed by atoms with Crippen molar-refractivity contribution in [1.29, 1.82) is 0 Å². The van der Waals surface area contributed by atoms with E-state index in [0.29, 0.717) is 25.2 Å². The molecule has 0 aromatic heterocycles. The van der Waals surface area contributed by atoms with Gasteiger partial charge in [-0.2, -0.15) is 0 Å². The Morgan fingerprint density at radius 1 is 0.388 bits per heavy atom. The van der Waals surface area contributed by atoms with Gasteiger partial charge in [-0.1, -0.05) is 272 Å². The number of carbonyl (C=O) groups excluding carboxylic acids is 3. The van der Waals surface area contributed by atoms with E-state index >= 15 is 0 Å². The summed E-state index contributed by atoms with van der Waals surface area (Å²) in [6.07, 6.45) is 10.2. The first-order valence-electron chi connectivity index (χ1n) is 38.7. The summed E-state index contributed by atoms with van der Waals surface area (Å²) in [5.74, 6) is -1.28. The van der Waals surface area contributed by atoms with E-state index in [9.17, 15) is 74.9 Å². The van der Waals surface area contributed by atoms with E-state index < -0.39 is 156 Å². The van der Waals surface area contributed by atoms with Crippen LogP contribution in [0.5, 0.6) is 0 Å². The zero-order chi connectivity index (χ0) is 71.9. The van der Waals surface area contributed by atoms with Gasteiger partial charge >= 0.3 is 25.7 Å². The van der Waals surface area contributed by atoms with Crippen LogP contribution in [-0.4, -0.2) is 204 Å². The highest BCUT2D eigenvalue weighted by Gasteiger charge is 2.58. The van der Waals surface area contributed by atoms with Crippen LogP contribution in [0, 0.1) is 5.92 Å². The van der Waals surface area contributed by atoms with Gasteiger partial charge in [0.15, 0.2) is 18.7 Å². The number of aliphatic hydroxyl groups is 10.